The normalized spacial score (nSPS) is 13.3. The minimum absolute atomic E-state index is 0.133. The molecule has 0 fully saturated rings. The molecule has 2 atom stereocenters. The van der Waals surface area contributed by atoms with Crippen LogP contribution in [0.25, 0.3) is 0 Å². The highest BCUT2D eigenvalue weighted by atomic mass is 16.7. The van der Waals surface area contributed by atoms with Crippen molar-refractivity contribution in [3.05, 3.63) is 112 Å². The molecule has 0 amide bonds. The minimum atomic E-state index is -4.05. The predicted molar refractivity (Wildman–Crippen MR) is 89.1 cm³/mol. The Bertz CT molecular complexity index is 838. The molecule has 0 aromatic heterocycles. The van der Waals surface area contributed by atoms with Crippen LogP contribution in [0.15, 0.2) is 60.7 Å². The van der Waals surface area contributed by atoms with Gasteiger partial charge in [-0.1, -0.05) is 60.7 Å². The van der Waals surface area contributed by atoms with E-state index in [-0.39, 0.29) is 11.1 Å². The van der Waals surface area contributed by atoms with Gasteiger partial charge in [0, 0.05) is 10.5 Å². The van der Waals surface area contributed by atoms with E-state index in [1.54, 1.807) is 0 Å². The average Bonchev–Trinajstić information content (AvgIpc) is 2.61. The number of hydrogen-bond donors (Lipinski definition) is 0. The summed E-state index contributed by atoms with van der Waals surface area (Å²) in [6, 6.07) is 11.1. The summed E-state index contributed by atoms with van der Waals surface area (Å²) in [5.74, 6) is -6.36. The van der Waals surface area contributed by atoms with Gasteiger partial charge in [-0.3, -0.25) is 40.5 Å². The Kier molecular flexibility index (Phi) is 5.39. The van der Waals surface area contributed by atoms with Crippen LogP contribution in [0.5, 0.6) is 0 Å². The fourth-order valence-electron chi connectivity index (χ4n) is 2.90. The summed E-state index contributed by atoms with van der Waals surface area (Å²) in [6.07, 6.45) is 0. The maximum Gasteiger partial charge on any atom is 0.714 e. The Morgan fingerprint density at radius 1 is 0.630 bits per heavy atom. The lowest BCUT2D eigenvalue weighted by molar-refractivity contribution is -0.976. The quantitative estimate of drug-likeness (QED) is 0.383. The van der Waals surface area contributed by atoms with Crippen LogP contribution in [0.2, 0.25) is 0 Å². The molecule has 0 heterocycles. The van der Waals surface area contributed by atoms with E-state index in [1.165, 1.54) is 48.5 Å². The Morgan fingerprint density at radius 3 is 1.33 bits per heavy atom. The van der Waals surface area contributed by atoms with Gasteiger partial charge in [0.25, 0.3) is 12.0 Å². The van der Waals surface area contributed by atoms with Gasteiger partial charge in [-0.05, 0) is 5.56 Å². The van der Waals surface area contributed by atoms with E-state index in [1.807, 2.05) is 0 Å². The second kappa shape index (κ2) is 7.51. The van der Waals surface area contributed by atoms with Gasteiger partial charge in [0.15, 0.2) is 14.8 Å². The smallest absolute Gasteiger partial charge is 0.264 e. The summed E-state index contributed by atoms with van der Waals surface area (Å²) in [7, 11) is 0. The van der Waals surface area contributed by atoms with Gasteiger partial charge in [0.05, 0.1) is 0 Å². The van der Waals surface area contributed by atoms with Gasteiger partial charge in [0.2, 0.25) is 0 Å². The summed E-state index contributed by atoms with van der Waals surface area (Å²) in [5, 5.41) is 46.5. The first-order valence-corrected chi connectivity index (χ1v) is 7.41. The van der Waals surface area contributed by atoms with Gasteiger partial charge < -0.3 is 0 Å². The molecule has 2 unspecified atom stereocenters. The van der Waals surface area contributed by atoms with Crippen LogP contribution in [0.4, 0.5) is 0 Å². The van der Waals surface area contributed by atoms with Gasteiger partial charge in [-0.25, -0.2) is 0 Å². The third-order valence-electron chi connectivity index (χ3n) is 4.07. The highest BCUT2D eigenvalue weighted by Gasteiger charge is 2.81. The monoisotopic (exact) mass is 376 g/mol. The molecule has 140 valence electrons. The standard InChI is InChI=1S/C15H12N4O8/c20-16(21)14(12-9-5-2-6-10-12)13(11-7-3-1-4-8-11)15(17(22)23,18(24)25)19(26)27/h1-10,13-14H. The lowest BCUT2D eigenvalue weighted by Crippen LogP contribution is -2.59. The topological polar surface area (TPSA) is 173 Å². The molecular formula is C15H12N4O8. The fourth-order valence-corrected chi connectivity index (χ4v) is 2.90. The first-order valence-electron chi connectivity index (χ1n) is 7.41. The maximum atomic E-state index is 11.8. The van der Waals surface area contributed by atoms with E-state index in [0.29, 0.717) is 0 Å². The third kappa shape index (κ3) is 3.27. The highest BCUT2D eigenvalue weighted by molar-refractivity contribution is 5.28. The van der Waals surface area contributed by atoms with Gasteiger partial charge in [0.1, 0.15) is 0 Å². The zero-order valence-corrected chi connectivity index (χ0v) is 13.5. The summed E-state index contributed by atoms with van der Waals surface area (Å²) >= 11 is 0. The van der Waals surface area contributed by atoms with Crippen molar-refractivity contribution in [1.29, 1.82) is 0 Å². The molecule has 0 spiro atoms. The molecule has 0 radical (unpaired) electrons. The Labute approximate surface area is 150 Å². The SMILES string of the molecule is O=[N+]([O-])C(c1ccccc1)C(c1ccccc1)C([N+](=O)[O-])([N+](=O)[O-])[N+](=O)[O-]. The predicted octanol–water partition coefficient (Wildman–Crippen LogP) is 2.27. The zero-order chi connectivity index (χ0) is 20.2. The molecule has 0 aliphatic carbocycles. The number of rotatable bonds is 8. The van der Waals surface area contributed by atoms with Gasteiger partial charge in [-0.15, -0.1) is 0 Å². The van der Waals surface area contributed by atoms with Crippen LogP contribution in [0, 0.1) is 40.5 Å². The number of nitro groups is 4. The van der Waals surface area contributed by atoms with Crippen molar-refractivity contribution >= 4 is 0 Å². The largest absolute Gasteiger partial charge is 0.714 e. The molecule has 0 aliphatic rings. The summed E-state index contributed by atoms with van der Waals surface area (Å²) < 4.78 is 0. The molecule has 0 N–H and O–H groups in total. The molecule has 0 bridgehead atoms. The van der Waals surface area contributed by atoms with Crippen molar-refractivity contribution in [2.24, 2.45) is 0 Å². The lowest BCUT2D eigenvalue weighted by atomic mass is 9.82. The van der Waals surface area contributed by atoms with Crippen LogP contribution in [0.1, 0.15) is 23.1 Å². The molecular weight excluding hydrogens is 364 g/mol. The minimum Gasteiger partial charge on any atom is -0.264 e. The molecule has 0 saturated heterocycles. The van der Waals surface area contributed by atoms with Gasteiger partial charge in [-0.2, -0.15) is 0 Å². The molecule has 12 heteroatoms. The third-order valence-corrected chi connectivity index (χ3v) is 4.07. The van der Waals surface area contributed by atoms with E-state index in [0.717, 1.165) is 12.1 Å². The lowest BCUT2D eigenvalue weighted by Gasteiger charge is -2.22. The molecule has 0 aliphatic heterocycles. The number of benzene rings is 2. The first kappa shape index (κ1) is 19.4. The average molecular weight is 376 g/mol. The van der Waals surface area contributed by atoms with E-state index >= 15 is 0 Å². The molecule has 2 aromatic rings. The van der Waals surface area contributed by atoms with Crippen molar-refractivity contribution < 1.29 is 19.7 Å². The zero-order valence-electron chi connectivity index (χ0n) is 13.5. The summed E-state index contributed by atoms with van der Waals surface area (Å²) in [6.45, 7) is 0. The van der Waals surface area contributed by atoms with Crippen LogP contribution < -0.4 is 0 Å². The molecule has 12 nitrogen and oxygen atoms in total. The number of hydrogen-bond acceptors (Lipinski definition) is 8. The van der Waals surface area contributed by atoms with Crippen molar-refractivity contribution in [1.82, 2.24) is 0 Å². The Hall–Kier alpha value is -3.96. The van der Waals surface area contributed by atoms with Crippen LogP contribution >= 0.6 is 0 Å². The van der Waals surface area contributed by atoms with Crippen LogP contribution in [-0.4, -0.2) is 25.5 Å². The molecule has 2 aromatic carbocycles. The Morgan fingerprint density at radius 2 is 1.00 bits per heavy atom. The molecule has 0 saturated carbocycles. The van der Waals surface area contributed by atoms with Crippen molar-refractivity contribution in [3.63, 3.8) is 0 Å². The van der Waals surface area contributed by atoms with Crippen molar-refractivity contribution in [3.8, 4) is 0 Å². The van der Waals surface area contributed by atoms with E-state index in [4.69, 9.17) is 0 Å². The fraction of sp³-hybridized carbons (Fsp3) is 0.200. The first-order chi connectivity index (χ1) is 12.7. The Balaban J connectivity index is 2.89. The second-order valence-electron chi connectivity index (χ2n) is 5.49. The molecule has 2 rings (SSSR count). The maximum absolute atomic E-state index is 11.8. The highest BCUT2D eigenvalue weighted by Crippen LogP contribution is 2.43. The summed E-state index contributed by atoms with van der Waals surface area (Å²) in [4.78, 5) is 40.4. The van der Waals surface area contributed by atoms with E-state index in [9.17, 15) is 40.5 Å². The van der Waals surface area contributed by atoms with Crippen molar-refractivity contribution in [2.75, 3.05) is 0 Å². The van der Waals surface area contributed by atoms with Crippen molar-refractivity contribution in [2.45, 2.75) is 17.7 Å². The van der Waals surface area contributed by atoms with Crippen LogP contribution in [-0.2, 0) is 0 Å². The number of nitrogens with zero attached hydrogens (tertiary/aromatic N) is 4. The molecule has 27 heavy (non-hydrogen) atoms. The van der Waals surface area contributed by atoms with E-state index < -0.39 is 37.4 Å². The van der Waals surface area contributed by atoms with Crippen LogP contribution in [0.3, 0.4) is 0 Å². The summed E-state index contributed by atoms with van der Waals surface area (Å²) in [5.41, 5.74) is -0.403. The van der Waals surface area contributed by atoms with Gasteiger partial charge >= 0.3 is 5.79 Å². The van der Waals surface area contributed by atoms with E-state index in [2.05, 4.69) is 0 Å². The second-order valence-corrected chi connectivity index (χ2v) is 5.49.